The Balaban J connectivity index is 0.0000000964. The molecular formula is C147H96OS. The van der Waals surface area contributed by atoms with Crippen molar-refractivity contribution < 1.29 is 4.42 Å². The van der Waals surface area contributed by atoms with E-state index in [-0.39, 0.29) is 5.41 Å². The van der Waals surface area contributed by atoms with Crippen molar-refractivity contribution in [2.75, 3.05) is 0 Å². The van der Waals surface area contributed by atoms with Crippen LogP contribution in [0.5, 0.6) is 0 Å². The van der Waals surface area contributed by atoms with Crippen LogP contribution in [0.25, 0.3) is 283 Å². The fourth-order valence-electron chi connectivity index (χ4n) is 24.2. The van der Waals surface area contributed by atoms with Crippen LogP contribution in [-0.2, 0) is 5.41 Å². The fraction of sp³-hybridized carbons (Fsp3) is 0.0204. The Labute approximate surface area is 868 Å². The molecule has 1 aliphatic rings. The van der Waals surface area contributed by atoms with E-state index < -0.39 is 0 Å². The van der Waals surface area contributed by atoms with Crippen LogP contribution < -0.4 is 0 Å². The van der Waals surface area contributed by atoms with Crippen LogP contribution in [-0.4, -0.2) is 0 Å². The minimum Gasteiger partial charge on any atom is -0.456 e. The average Bonchev–Trinajstić information content (AvgIpc) is 1.71. The van der Waals surface area contributed by atoms with Gasteiger partial charge in [-0.25, -0.2) is 0 Å². The zero-order valence-corrected chi connectivity index (χ0v) is 83.1. The molecule has 0 unspecified atom stereocenters. The van der Waals surface area contributed by atoms with E-state index in [1.165, 1.54) is 272 Å². The van der Waals surface area contributed by atoms with Crippen LogP contribution in [0.15, 0.2) is 550 Å². The van der Waals surface area contributed by atoms with Crippen LogP contribution in [0, 0.1) is 0 Å². The lowest BCUT2D eigenvalue weighted by Crippen LogP contribution is -2.14. The van der Waals surface area contributed by atoms with Gasteiger partial charge in [0.05, 0.1) is 0 Å². The predicted octanol–water partition coefficient (Wildman–Crippen LogP) is 42.2. The van der Waals surface area contributed by atoms with Crippen LogP contribution in [0.2, 0.25) is 0 Å². The molecule has 1 aliphatic carbocycles. The zero-order valence-electron chi connectivity index (χ0n) is 82.3. The summed E-state index contributed by atoms with van der Waals surface area (Å²) in [5.41, 5.74) is 29.9. The van der Waals surface area contributed by atoms with Crippen LogP contribution in [0.3, 0.4) is 0 Å². The Kier molecular flexibility index (Phi) is 21.6. The summed E-state index contributed by atoms with van der Waals surface area (Å²) < 4.78 is 8.72. The lowest BCUT2D eigenvalue weighted by Gasteiger charge is -2.22. The van der Waals surface area contributed by atoms with E-state index >= 15 is 0 Å². The molecule has 696 valence electrons. The fourth-order valence-corrected chi connectivity index (χ4v) is 25.4. The van der Waals surface area contributed by atoms with E-state index in [0.29, 0.717) is 0 Å². The highest BCUT2D eigenvalue weighted by Gasteiger charge is 2.36. The smallest absolute Gasteiger partial charge is 0.135 e. The number of furan rings is 1. The van der Waals surface area contributed by atoms with Crippen LogP contribution in [0.4, 0.5) is 0 Å². The molecular weight excluding hydrogens is 1810 g/mol. The molecule has 0 radical (unpaired) electrons. The second-order valence-corrected chi connectivity index (χ2v) is 41.2. The maximum Gasteiger partial charge on any atom is 0.135 e. The maximum atomic E-state index is 6.02. The molecule has 2 aromatic heterocycles. The van der Waals surface area contributed by atoms with E-state index in [0.717, 1.165) is 21.9 Å². The minimum absolute atomic E-state index is 0.0181. The molecule has 0 spiro atoms. The van der Waals surface area contributed by atoms with E-state index in [4.69, 9.17) is 4.42 Å². The van der Waals surface area contributed by atoms with Gasteiger partial charge in [0, 0.05) is 36.4 Å². The lowest BCUT2D eigenvalue weighted by molar-refractivity contribution is 0.660. The molecule has 0 N–H and O–H groups in total. The Morgan fingerprint density at radius 3 is 0.946 bits per heavy atom. The first-order valence-electron chi connectivity index (χ1n) is 51.6. The normalized spacial score (nSPS) is 12.1. The van der Waals surface area contributed by atoms with E-state index in [1.54, 1.807) is 0 Å². The van der Waals surface area contributed by atoms with Gasteiger partial charge in [-0.05, 0) is 324 Å². The van der Waals surface area contributed by atoms with Gasteiger partial charge in [-0.3, -0.25) is 0 Å². The third kappa shape index (κ3) is 15.4. The Bertz CT molecular complexity index is 10600. The molecule has 0 saturated carbocycles. The summed E-state index contributed by atoms with van der Waals surface area (Å²) in [7, 11) is 0. The molecule has 2 heterocycles. The first kappa shape index (κ1) is 88.0. The number of thiophene rings is 1. The van der Waals surface area contributed by atoms with E-state index in [2.05, 4.69) is 548 Å². The maximum absolute atomic E-state index is 6.02. The molecule has 0 bridgehead atoms. The summed E-state index contributed by atoms with van der Waals surface area (Å²) in [6, 6.07) is 199. The van der Waals surface area contributed by atoms with Gasteiger partial charge in [0.2, 0.25) is 0 Å². The minimum atomic E-state index is -0.0181. The largest absolute Gasteiger partial charge is 0.456 e. The number of fused-ring (bicyclic) bond motifs is 31. The predicted molar refractivity (Wildman–Crippen MR) is 642 cm³/mol. The van der Waals surface area contributed by atoms with Gasteiger partial charge in [0.1, 0.15) is 11.2 Å². The summed E-state index contributed by atoms with van der Waals surface area (Å²) in [4.78, 5) is 0. The highest BCUT2D eigenvalue weighted by atomic mass is 32.1. The van der Waals surface area contributed by atoms with E-state index in [9.17, 15) is 0 Å². The van der Waals surface area contributed by atoms with Crippen molar-refractivity contribution in [2.45, 2.75) is 19.3 Å². The highest BCUT2D eigenvalue weighted by molar-refractivity contribution is 7.26. The molecule has 149 heavy (non-hydrogen) atoms. The van der Waals surface area contributed by atoms with Gasteiger partial charge in [-0.15, -0.1) is 11.3 Å². The van der Waals surface area contributed by atoms with Crippen molar-refractivity contribution in [3.8, 4) is 111 Å². The Morgan fingerprint density at radius 1 is 0.141 bits per heavy atom. The standard InChI is InChI=1S/C45H32.C36H22S.C36H24.C30H18O/c1-45(2)43-20-8-7-15-40(43)41-26-25-32(28-44(41)45)35-17-10-18-37-33(16-9-19-38(35)37)29-21-23-30(24-22-29)42-27-31-11-3-4-12-34(31)36-13-5-6-14-39(36)42;1-2-13-29-27(11-1)28-12-3-4-14-30(28)34-22-24(19-20-31(29)34)23-9-7-10-25(21-23)26-16-8-17-33-32-15-5-6-18-35(32)37-36(26)33;1-3-10-25(11-4-1)27-14-9-15-28(22-27)30-19-21-34-33-20-18-29(26-12-5-2-6-13-26)23-35(33)31-16-7-8-17-32(31)36(34)24-30;1-2-9-23-21(7-1)22-8-3-4-10-24(22)27-17-19(13-15-25(23)27)20-14-16-30-28(18-20)26-11-5-6-12-29(26)31-30/h3-28H,1-2H3;1-22H;1-24H;1-18H. The number of hydrogen-bond donors (Lipinski definition) is 0. The van der Waals surface area contributed by atoms with Gasteiger partial charge >= 0.3 is 0 Å². The topological polar surface area (TPSA) is 13.1 Å². The number of hydrogen-bond acceptors (Lipinski definition) is 2. The second kappa shape index (κ2) is 36.6. The van der Waals surface area contributed by atoms with Crippen molar-refractivity contribution in [2.24, 2.45) is 0 Å². The molecule has 31 rings (SSSR count). The van der Waals surface area contributed by atoms with Crippen LogP contribution in [0.1, 0.15) is 25.0 Å². The summed E-state index contributed by atoms with van der Waals surface area (Å²) in [6.07, 6.45) is 0. The number of benzene rings is 28. The van der Waals surface area contributed by atoms with Crippen LogP contribution >= 0.6 is 11.3 Å². The Hall–Kier alpha value is -18.7. The molecule has 0 amide bonds. The monoisotopic (exact) mass is 1910 g/mol. The van der Waals surface area contributed by atoms with Gasteiger partial charge < -0.3 is 4.42 Å². The molecule has 0 fully saturated rings. The van der Waals surface area contributed by atoms with Gasteiger partial charge in [-0.1, -0.05) is 487 Å². The summed E-state index contributed by atoms with van der Waals surface area (Å²) in [5, 5.41) is 36.2. The van der Waals surface area contributed by atoms with E-state index in [1.807, 2.05) is 23.5 Å². The zero-order chi connectivity index (χ0) is 98.7. The first-order chi connectivity index (χ1) is 73.6. The second-order valence-electron chi connectivity index (χ2n) is 40.2. The van der Waals surface area contributed by atoms with Crippen molar-refractivity contribution in [3.05, 3.63) is 557 Å². The molecule has 28 aromatic carbocycles. The molecule has 30 aromatic rings. The molecule has 0 atom stereocenters. The van der Waals surface area contributed by atoms with Gasteiger partial charge in [0.25, 0.3) is 0 Å². The summed E-state index contributed by atoms with van der Waals surface area (Å²) in [5.74, 6) is 0. The molecule has 0 saturated heterocycles. The van der Waals surface area contributed by atoms with Crippen molar-refractivity contribution in [3.63, 3.8) is 0 Å². The third-order valence-electron chi connectivity index (χ3n) is 31.4. The molecule has 0 aliphatic heterocycles. The number of rotatable bonds is 9. The van der Waals surface area contributed by atoms with Crippen molar-refractivity contribution in [1.29, 1.82) is 0 Å². The molecule has 1 nitrogen and oxygen atoms in total. The number of para-hydroxylation sites is 1. The Morgan fingerprint density at radius 2 is 0.430 bits per heavy atom. The van der Waals surface area contributed by atoms with Crippen molar-refractivity contribution in [1.82, 2.24) is 0 Å². The average molecular weight is 1910 g/mol. The molecule has 2 heteroatoms. The van der Waals surface area contributed by atoms with Gasteiger partial charge in [-0.2, -0.15) is 0 Å². The summed E-state index contributed by atoms with van der Waals surface area (Å²) in [6.45, 7) is 4.71. The first-order valence-corrected chi connectivity index (χ1v) is 52.4. The quantitative estimate of drug-likeness (QED) is 0.131. The lowest BCUT2D eigenvalue weighted by atomic mass is 9.81. The SMILES string of the molecule is CC1(C)c2ccccc2-c2ccc(-c3cccc4c(-c5ccc(-c6cc7ccccc7c7ccccc67)cc5)cccc34)cc21.c1cc(-c2ccc3c4ccccc4c4ccccc4c3c2)cc(-c2cccc3c2sc2ccccc23)c1.c1ccc(-c2cccc(-c3ccc4c5ccc(-c6ccccc6)cc5c5ccccc5c4c3)c2)cc1.c1ccc2c(c1)oc1ccc(-c3ccc4c5ccccc5c5ccccc5c4c3)cc12. The van der Waals surface area contributed by atoms with Crippen molar-refractivity contribution >= 4 is 183 Å². The third-order valence-corrected chi connectivity index (χ3v) is 32.7. The summed E-state index contributed by atoms with van der Waals surface area (Å²) >= 11 is 1.89. The highest BCUT2D eigenvalue weighted by Crippen LogP contribution is 2.53. The van der Waals surface area contributed by atoms with Gasteiger partial charge in [0.15, 0.2) is 0 Å².